The molecule has 0 fully saturated rings. The molecule has 8 nitrogen and oxygen atoms in total. The summed E-state index contributed by atoms with van der Waals surface area (Å²) in [5, 5.41) is 21.1. The lowest BCUT2D eigenvalue weighted by Crippen LogP contribution is -2.38. The van der Waals surface area contributed by atoms with Gasteiger partial charge in [-0.3, -0.25) is 4.79 Å². The minimum Gasteiger partial charge on any atom is -0.479 e. The van der Waals surface area contributed by atoms with Gasteiger partial charge in [-0.25, -0.2) is 17.9 Å². The summed E-state index contributed by atoms with van der Waals surface area (Å²) >= 11 is 1.06. The van der Waals surface area contributed by atoms with Gasteiger partial charge in [0, 0.05) is 13.0 Å². The van der Waals surface area contributed by atoms with E-state index in [1.54, 1.807) is 11.4 Å². The Morgan fingerprint density at radius 3 is 2.65 bits per heavy atom. The molecule has 0 unspecified atom stereocenters. The zero-order chi connectivity index (χ0) is 15.2. The molecule has 20 heavy (non-hydrogen) atoms. The number of aliphatic carboxylic acids is 1. The van der Waals surface area contributed by atoms with Crippen LogP contribution in [-0.4, -0.2) is 49.7 Å². The van der Waals surface area contributed by atoms with E-state index in [4.69, 9.17) is 10.2 Å². The molecule has 0 aliphatic rings. The molecule has 1 atom stereocenters. The molecule has 0 saturated heterocycles. The second kappa shape index (κ2) is 7.33. The molecule has 0 bridgehead atoms. The van der Waals surface area contributed by atoms with E-state index < -0.39 is 34.5 Å². The van der Waals surface area contributed by atoms with Crippen molar-refractivity contribution in [1.82, 2.24) is 10.0 Å². The number of hydrogen-bond acceptors (Lipinski definition) is 6. The van der Waals surface area contributed by atoms with Gasteiger partial charge in [0.15, 0.2) is 6.10 Å². The molecule has 0 aliphatic carbocycles. The minimum atomic E-state index is -3.61. The summed E-state index contributed by atoms with van der Waals surface area (Å²) in [7, 11) is -3.61. The number of aliphatic hydroxyl groups is 1. The van der Waals surface area contributed by atoms with Crippen molar-refractivity contribution in [2.75, 3.05) is 13.1 Å². The molecule has 1 aromatic heterocycles. The topological polar surface area (TPSA) is 133 Å². The van der Waals surface area contributed by atoms with Crippen molar-refractivity contribution in [3.63, 3.8) is 0 Å². The third kappa shape index (κ3) is 5.25. The fraction of sp³-hybridized carbons (Fsp3) is 0.400. The predicted octanol–water partition coefficient (Wildman–Crippen LogP) is -1.02. The van der Waals surface area contributed by atoms with E-state index in [9.17, 15) is 18.0 Å². The maximum Gasteiger partial charge on any atom is 0.334 e. The molecule has 1 rings (SSSR count). The molecule has 1 amide bonds. The smallest absolute Gasteiger partial charge is 0.334 e. The van der Waals surface area contributed by atoms with E-state index >= 15 is 0 Å². The van der Waals surface area contributed by atoms with Crippen molar-refractivity contribution in [2.24, 2.45) is 0 Å². The monoisotopic (exact) mass is 322 g/mol. The molecule has 4 N–H and O–H groups in total. The summed E-state index contributed by atoms with van der Waals surface area (Å²) in [6.45, 7) is -0.541. The molecule has 1 heterocycles. The first-order valence-corrected chi connectivity index (χ1v) is 7.90. The van der Waals surface area contributed by atoms with Crippen molar-refractivity contribution >= 4 is 33.2 Å². The van der Waals surface area contributed by atoms with E-state index in [0.717, 1.165) is 11.3 Å². The van der Waals surface area contributed by atoms with Crippen LogP contribution in [0.15, 0.2) is 21.7 Å². The number of hydrogen-bond donors (Lipinski definition) is 4. The van der Waals surface area contributed by atoms with Crippen LogP contribution in [0.2, 0.25) is 0 Å². The van der Waals surface area contributed by atoms with Gasteiger partial charge in [0.05, 0.1) is 6.54 Å². The number of rotatable bonds is 8. The number of nitrogens with one attached hydrogen (secondary N) is 2. The van der Waals surface area contributed by atoms with Gasteiger partial charge < -0.3 is 15.5 Å². The van der Waals surface area contributed by atoms with Crippen molar-refractivity contribution in [3.05, 3.63) is 17.5 Å². The molecule has 0 aromatic carbocycles. The normalized spacial score (nSPS) is 12.8. The highest BCUT2D eigenvalue weighted by atomic mass is 32.2. The Bertz CT molecular complexity index is 554. The van der Waals surface area contributed by atoms with Gasteiger partial charge in [-0.2, -0.15) is 0 Å². The fourth-order valence-electron chi connectivity index (χ4n) is 1.17. The summed E-state index contributed by atoms with van der Waals surface area (Å²) in [4.78, 5) is 21.6. The molecular formula is C10H14N2O6S2. The van der Waals surface area contributed by atoms with E-state index in [1.807, 2.05) is 0 Å². The zero-order valence-corrected chi connectivity index (χ0v) is 11.9. The van der Waals surface area contributed by atoms with Crippen LogP contribution in [0, 0.1) is 0 Å². The maximum absolute atomic E-state index is 11.7. The largest absolute Gasteiger partial charge is 0.479 e. The fourth-order valence-corrected chi connectivity index (χ4v) is 3.24. The second-order valence-corrected chi connectivity index (χ2v) is 6.68. The Kier molecular flexibility index (Phi) is 6.07. The third-order valence-electron chi connectivity index (χ3n) is 2.18. The number of carboxylic acids is 1. The first-order valence-electron chi connectivity index (χ1n) is 5.53. The number of amides is 1. The van der Waals surface area contributed by atoms with Crippen LogP contribution in [0.4, 0.5) is 0 Å². The predicted molar refractivity (Wildman–Crippen MR) is 70.8 cm³/mol. The van der Waals surface area contributed by atoms with E-state index in [1.165, 1.54) is 6.07 Å². The van der Waals surface area contributed by atoms with Gasteiger partial charge in [0.2, 0.25) is 15.9 Å². The Balaban J connectivity index is 2.31. The average Bonchev–Trinajstić information content (AvgIpc) is 2.90. The zero-order valence-electron chi connectivity index (χ0n) is 10.3. The third-order valence-corrected chi connectivity index (χ3v) is 5.04. The molecule has 0 radical (unpaired) electrons. The number of carboxylic acid groups (broad SMARTS) is 1. The van der Waals surface area contributed by atoms with Crippen LogP contribution in [0.5, 0.6) is 0 Å². The van der Waals surface area contributed by atoms with Gasteiger partial charge in [-0.05, 0) is 11.4 Å². The van der Waals surface area contributed by atoms with Crippen molar-refractivity contribution < 1.29 is 28.2 Å². The van der Waals surface area contributed by atoms with Crippen LogP contribution in [0.3, 0.4) is 0 Å². The quantitative estimate of drug-likeness (QED) is 0.484. The van der Waals surface area contributed by atoms with Crippen LogP contribution >= 0.6 is 11.3 Å². The standard InChI is InChI=1S/C10H14N2O6S2/c13-7(10(15)16)6-11-8(14)3-4-12-20(17,18)9-2-1-5-19-9/h1-2,5,7,12-13H,3-4,6H2,(H,11,14)(H,15,16)/t7-/m0/s1. The van der Waals surface area contributed by atoms with Gasteiger partial charge in [0.1, 0.15) is 4.21 Å². The summed E-state index contributed by atoms with van der Waals surface area (Å²) < 4.78 is 25.8. The van der Waals surface area contributed by atoms with Gasteiger partial charge in [-0.15, -0.1) is 11.3 Å². The summed E-state index contributed by atoms with van der Waals surface area (Å²) in [5.74, 6) is -2.00. The first kappa shape index (κ1) is 16.6. The maximum atomic E-state index is 11.7. The molecule has 10 heteroatoms. The lowest BCUT2D eigenvalue weighted by atomic mass is 10.3. The van der Waals surface area contributed by atoms with Gasteiger partial charge >= 0.3 is 5.97 Å². The highest BCUT2D eigenvalue weighted by molar-refractivity contribution is 7.91. The molecular weight excluding hydrogens is 308 g/mol. The second-order valence-electron chi connectivity index (χ2n) is 3.74. The highest BCUT2D eigenvalue weighted by Crippen LogP contribution is 2.14. The lowest BCUT2D eigenvalue weighted by Gasteiger charge is -2.08. The molecule has 1 aromatic rings. The van der Waals surface area contributed by atoms with Gasteiger partial charge in [0.25, 0.3) is 0 Å². The SMILES string of the molecule is O=C(CCNS(=O)(=O)c1cccs1)NC[C@H](O)C(=O)O. The highest BCUT2D eigenvalue weighted by Gasteiger charge is 2.16. The molecule has 0 saturated carbocycles. The number of carbonyl (C=O) groups is 2. The van der Waals surface area contributed by atoms with Crippen LogP contribution in [0.1, 0.15) is 6.42 Å². The first-order chi connectivity index (χ1) is 9.33. The van der Waals surface area contributed by atoms with Crippen LogP contribution < -0.4 is 10.0 Å². The van der Waals surface area contributed by atoms with E-state index in [2.05, 4.69) is 10.0 Å². The Hall–Kier alpha value is -1.49. The number of sulfonamides is 1. The van der Waals surface area contributed by atoms with Crippen molar-refractivity contribution in [2.45, 2.75) is 16.7 Å². The Labute approximate surface area is 119 Å². The van der Waals surface area contributed by atoms with Crippen LogP contribution in [-0.2, 0) is 19.6 Å². The summed E-state index contributed by atoms with van der Waals surface area (Å²) in [6, 6.07) is 3.04. The minimum absolute atomic E-state index is 0.116. The Morgan fingerprint density at radius 1 is 1.40 bits per heavy atom. The van der Waals surface area contributed by atoms with Crippen molar-refractivity contribution in [1.29, 1.82) is 0 Å². The summed E-state index contributed by atoms with van der Waals surface area (Å²) in [5.41, 5.74) is 0. The molecule has 112 valence electrons. The number of carbonyl (C=O) groups excluding carboxylic acids is 1. The number of thiophene rings is 1. The Morgan fingerprint density at radius 2 is 2.10 bits per heavy atom. The van der Waals surface area contributed by atoms with Gasteiger partial charge in [-0.1, -0.05) is 6.07 Å². The molecule has 0 aliphatic heterocycles. The average molecular weight is 322 g/mol. The summed E-state index contributed by atoms with van der Waals surface area (Å²) in [6.07, 6.45) is -1.83. The molecule has 0 spiro atoms. The van der Waals surface area contributed by atoms with Crippen molar-refractivity contribution in [3.8, 4) is 0 Å². The van der Waals surface area contributed by atoms with Crippen LogP contribution in [0.25, 0.3) is 0 Å². The van der Waals surface area contributed by atoms with E-state index in [-0.39, 0.29) is 17.2 Å². The lowest BCUT2D eigenvalue weighted by molar-refractivity contribution is -0.146. The number of aliphatic hydroxyl groups excluding tert-OH is 1. The van der Waals surface area contributed by atoms with E-state index in [0.29, 0.717) is 0 Å².